The van der Waals surface area contributed by atoms with Crippen LogP contribution in [0.15, 0.2) is 12.3 Å². The molecule has 0 aliphatic heterocycles. The van der Waals surface area contributed by atoms with Gasteiger partial charge >= 0.3 is 5.97 Å². The summed E-state index contributed by atoms with van der Waals surface area (Å²) < 4.78 is 5.53. The minimum Gasteiger partial charge on any atom is -0.478 e. The summed E-state index contributed by atoms with van der Waals surface area (Å²) in [6.45, 7) is 1.97. The molecule has 0 saturated heterocycles. The summed E-state index contributed by atoms with van der Waals surface area (Å²) in [5.41, 5.74) is 6.02. The van der Waals surface area contributed by atoms with E-state index in [1.807, 2.05) is 0 Å². The van der Waals surface area contributed by atoms with E-state index in [4.69, 9.17) is 15.6 Å². The second kappa shape index (κ2) is 5.88. The standard InChI is InChI=1S/C13H19N3O3/c1-16(4-5-19-8-9-2-3-9)12-11(13(17)18)6-10(14)7-15-12/h6-7,9H,2-5,8,14H2,1H3,(H,17,18). The van der Waals surface area contributed by atoms with Crippen LogP contribution in [0, 0.1) is 5.92 Å². The Balaban J connectivity index is 1.92. The van der Waals surface area contributed by atoms with Crippen LogP contribution in [0.4, 0.5) is 11.5 Å². The van der Waals surface area contributed by atoms with E-state index in [0.29, 0.717) is 24.7 Å². The molecule has 0 atom stereocenters. The number of anilines is 2. The Morgan fingerprint density at radius 2 is 2.37 bits per heavy atom. The Labute approximate surface area is 112 Å². The van der Waals surface area contributed by atoms with Crippen LogP contribution < -0.4 is 10.6 Å². The molecular weight excluding hydrogens is 246 g/mol. The second-order valence-corrected chi connectivity index (χ2v) is 4.88. The highest BCUT2D eigenvalue weighted by Gasteiger charge is 2.21. The molecule has 0 amide bonds. The molecule has 6 heteroatoms. The van der Waals surface area contributed by atoms with Gasteiger partial charge in [-0.2, -0.15) is 0 Å². The third kappa shape index (κ3) is 3.82. The highest BCUT2D eigenvalue weighted by molar-refractivity contribution is 5.94. The van der Waals surface area contributed by atoms with Crippen molar-refractivity contribution >= 4 is 17.5 Å². The number of nitrogens with two attached hydrogens (primary N) is 1. The zero-order valence-corrected chi connectivity index (χ0v) is 11.0. The third-order valence-corrected chi connectivity index (χ3v) is 3.10. The van der Waals surface area contributed by atoms with Gasteiger partial charge in [0, 0.05) is 20.2 Å². The van der Waals surface area contributed by atoms with E-state index in [9.17, 15) is 4.79 Å². The monoisotopic (exact) mass is 265 g/mol. The summed E-state index contributed by atoms with van der Waals surface area (Å²) in [6, 6.07) is 1.42. The molecule has 0 unspecified atom stereocenters. The first kappa shape index (κ1) is 13.6. The number of hydrogen-bond donors (Lipinski definition) is 2. The number of carbonyl (C=O) groups is 1. The van der Waals surface area contributed by atoms with Crippen molar-refractivity contribution in [3.8, 4) is 0 Å². The summed E-state index contributed by atoms with van der Waals surface area (Å²) in [7, 11) is 1.80. The molecule has 0 bridgehead atoms. The first-order valence-electron chi connectivity index (χ1n) is 6.35. The van der Waals surface area contributed by atoms with Crippen molar-refractivity contribution in [2.75, 3.05) is 37.4 Å². The number of ether oxygens (including phenoxy) is 1. The van der Waals surface area contributed by atoms with Crippen LogP contribution in [0.1, 0.15) is 23.2 Å². The maximum absolute atomic E-state index is 11.2. The van der Waals surface area contributed by atoms with Crippen LogP contribution in [0.5, 0.6) is 0 Å². The number of nitrogens with zero attached hydrogens (tertiary/aromatic N) is 2. The third-order valence-electron chi connectivity index (χ3n) is 3.10. The SMILES string of the molecule is CN(CCOCC1CC1)c1ncc(N)cc1C(=O)O. The van der Waals surface area contributed by atoms with Gasteiger partial charge in [0.2, 0.25) is 0 Å². The zero-order valence-electron chi connectivity index (χ0n) is 11.0. The van der Waals surface area contributed by atoms with E-state index in [-0.39, 0.29) is 5.56 Å². The molecule has 3 N–H and O–H groups in total. The Kier molecular flexibility index (Phi) is 4.21. The number of aromatic nitrogens is 1. The molecule has 19 heavy (non-hydrogen) atoms. The molecule has 6 nitrogen and oxygen atoms in total. The van der Waals surface area contributed by atoms with Crippen LogP contribution in [0.25, 0.3) is 0 Å². The molecule has 1 aromatic heterocycles. The van der Waals surface area contributed by atoms with Crippen molar-refractivity contribution in [2.45, 2.75) is 12.8 Å². The second-order valence-electron chi connectivity index (χ2n) is 4.88. The number of likely N-dealkylation sites (N-methyl/N-ethyl adjacent to an activating group) is 1. The van der Waals surface area contributed by atoms with Gasteiger partial charge in [-0.05, 0) is 24.8 Å². The first-order chi connectivity index (χ1) is 9.08. The molecule has 0 spiro atoms. The maximum Gasteiger partial charge on any atom is 0.339 e. The fourth-order valence-corrected chi connectivity index (χ4v) is 1.78. The maximum atomic E-state index is 11.2. The zero-order chi connectivity index (χ0) is 13.8. The van der Waals surface area contributed by atoms with E-state index in [1.54, 1.807) is 11.9 Å². The van der Waals surface area contributed by atoms with Crippen molar-refractivity contribution in [2.24, 2.45) is 5.92 Å². The van der Waals surface area contributed by atoms with Gasteiger partial charge < -0.3 is 20.5 Å². The van der Waals surface area contributed by atoms with E-state index >= 15 is 0 Å². The van der Waals surface area contributed by atoms with Crippen molar-refractivity contribution in [1.29, 1.82) is 0 Å². The van der Waals surface area contributed by atoms with Crippen molar-refractivity contribution < 1.29 is 14.6 Å². The van der Waals surface area contributed by atoms with Gasteiger partial charge in [0.25, 0.3) is 0 Å². The number of rotatable bonds is 7. The van der Waals surface area contributed by atoms with Gasteiger partial charge in [-0.3, -0.25) is 0 Å². The van der Waals surface area contributed by atoms with Gasteiger partial charge in [-0.15, -0.1) is 0 Å². The molecule has 1 fully saturated rings. The Bertz CT molecular complexity index is 460. The lowest BCUT2D eigenvalue weighted by atomic mass is 10.2. The van der Waals surface area contributed by atoms with Crippen LogP contribution in [-0.2, 0) is 4.74 Å². The van der Waals surface area contributed by atoms with Gasteiger partial charge in [0.15, 0.2) is 0 Å². The number of carboxylic acids is 1. The summed E-state index contributed by atoms with van der Waals surface area (Å²) in [5.74, 6) is 0.117. The lowest BCUT2D eigenvalue weighted by molar-refractivity contribution is 0.0697. The largest absolute Gasteiger partial charge is 0.478 e. The number of pyridine rings is 1. The molecule has 1 heterocycles. The fraction of sp³-hybridized carbons (Fsp3) is 0.538. The van der Waals surface area contributed by atoms with Crippen LogP contribution in [0.2, 0.25) is 0 Å². The molecule has 2 rings (SSSR count). The molecule has 0 aromatic carbocycles. The van der Waals surface area contributed by atoms with Gasteiger partial charge in [0.05, 0.1) is 18.5 Å². The Morgan fingerprint density at radius 3 is 3.00 bits per heavy atom. The Morgan fingerprint density at radius 1 is 1.63 bits per heavy atom. The average molecular weight is 265 g/mol. The predicted molar refractivity (Wildman–Crippen MR) is 72.4 cm³/mol. The first-order valence-corrected chi connectivity index (χ1v) is 6.35. The highest BCUT2D eigenvalue weighted by atomic mass is 16.5. The fourth-order valence-electron chi connectivity index (χ4n) is 1.78. The number of carboxylic acid groups (broad SMARTS) is 1. The lowest BCUT2D eigenvalue weighted by Crippen LogP contribution is -2.26. The van der Waals surface area contributed by atoms with Gasteiger partial charge in [0.1, 0.15) is 11.4 Å². The van der Waals surface area contributed by atoms with Crippen molar-refractivity contribution in [3.63, 3.8) is 0 Å². The van der Waals surface area contributed by atoms with E-state index in [2.05, 4.69) is 4.98 Å². The topological polar surface area (TPSA) is 88.7 Å². The normalized spacial score (nSPS) is 14.4. The van der Waals surface area contributed by atoms with Crippen molar-refractivity contribution in [1.82, 2.24) is 4.98 Å². The van der Waals surface area contributed by atoms with E-state index in [1.165, 1.54) is 25.1 Å². The summed E-state index contributed by atoms with van der Waals surface area (Å²) in [6.07, 6.45) is 3.99. The smallest absolute Gasteiger partial charge is 0.339 e. The summed E-state index contributed by atoms with van der Waals surface area (Å²) in [5, 5.41) is 9.14. The van der Waals surface area contributed by atoms with E-state index < -0.39 is 5.97 Å². The quantitative estimate of drug-likeness (QED) is 0.721. The van der Waals surface area contributed by atoms with Crippen LogP contribution in [0.3, 0.4) is 0 Å². The number of aromatic carboxylic acids is 1. The molecule has 104 valence electrons. The minimum atomic E-state index is -1.03. The van der Waals surface area contributed by atoms with Crippen molar-refractivity contribution in [3.05, 3.63) is 17.8 Å². The summed E-state index contributed by atoms with van der Waals surface area (Å²) in [4.78, 5) is 17.0. The molecule has 1 saturated carbocycles. The summed E-state index contributed by atoms with van der Waals surface area (Å²) >= 11 is 0. The molecule has 1 aromatic rings. The van der Waals surface area contributed by atoms with Gasteiger partial charge in [-0.25, -0.2) is 9.78 Å². The molecule has 0 radical (unpaired) electrons. The molecule has 1 aliphatic rings. The van der Waals surface area contributed by atoms with E-state index in [0.717, 1.165) is 12.5 Å². The Hall–Kier alpha value is -1.82. The molecule has 1 aliphatic carbocycles. The van der Waals surface area contributed by atoms with Crippen LogP contribution >= 0.6 is 0 Å². The highest BCUT2D eigenvalue weighted by Crippen LogP contribution is 2.28. The van der Waals surface area contributed by atoms with Crippen LogP contribution in [-0.4, -0.2) is 42.9 Å². The number of hydrogen-bond acceptors (Lipinski definition) is 5. The lowest BCUT2D eigenvalue weighted by Gasteiger charge is -2.20. The van der Waals surface area contributed by atoms with Gasteiger partial charge in [-0.1, -0.05) is 0 Å². The minimum absolute atomic E-state index is 0.115. The number of nitrogen functional groups attached to an aromatic ring is 1. The molecular formula is C13H19N3O3. The predicted octanol–water partition coefficient (Wildman–Crippen LogP) is 1.22. The average Bonchev–Trinajstić information content (AvgIpc) is 3.18.